The van der Waals surface area contributed by atoms with Gasteiger partial charge < -0.3 is 26.1 Å². The Morgan fingerprint density at radius 3 is 2.67 bits per heavy atom. The molecule has 1 heterocycles. The van der Waals surface area contributed by atoms with Gasteiger partial charge in [0.05, 0.1) is 23.0 Å². The maximum Gasteiger partial charge on any atom is 0.248 e. The van der Waals surface area contributed by atoms with E-state index >= 15 is 0 Å². The molecule has 27 heavy (non-hydrogen) atoms. The van der Waals surface area contributed by atoms with E-state index in [0.29, 0.717) is 22.1 Å². The summed E-state index contributed by atoms with van der Waals surface area (Å²) in [6.07, 6.45) is -0.0349. The Bertz CT molecular complexity index is 1010. The van der Waals surface area contributed by atoms with Gasteiger partial charge in [0.25, 0.3) is 0 Å². The zero-order chi connectivity index (χ0) is 19.6. The summed E-state index contributed by atoms with van der Waals surface area (Å²) < 4.78 is 5.79. The number of rotatable bonds is 5. The molecule has 8 heteroatoms. The highest BCUT2D eigenvalue weighted by Gasteiger charge is 2.12. The number of imidazole rings is 1. The zero-order valence-corrected chi connectivity index (χ0v) is 16.1. The van der Waals surface area contributed by atoms with Crippen molar-refractivity contribution in [3.8, 4) is 5.75 Å². The number of aryl methyl sites for hydroxylation is 1. The van der Waals surface area contributed by atoms with Crippen LogP contribution < -0.4 is 21.1 Å². The van der Waals surface area contributed by atoms with Crippen LogP contribution in [0.5, 0.6) is 5.75 Å². The lowest BCUT2D eigenvalue weighted by Gasteiger charge is -2.17. The molecule has 0 aliphatic heterocycles. The first kappa shape index (κ1) is 18.7. The van der Waals surface area contributed by atoms with Crippen LogP contribution in [0, 0.1) is 6.92 Å². The van der Waals surface area contributed by atoms with Gasteiger partial charge in [-0.2, -0.15) is 0 Å². The number of ether oxygens (including phenoxy) is 1. The minimum absolute atomic E-state index is 0.0349. The molecule has 7 nitrogen and oxygen atoms in total. The Morgan fingerprint density at radius 1 is 1.22 bits per heavy atom. The molecule has 3 aromatic rings. The standard InChI is InChI=1S/C19H21N5O2S/c1-10(2)26-16-8-7-12(18(20)25)9-15(16)24-19(27)23-14-6-4-5-13-17(14)22-11(3)21-13/h4-10H,1-3H3,(H2,20,25)(H,21,22)(H2,23,24,27). The van der Waals surface area contributed by atoms with Crippen LogP contribution in [0.2, 0.25) is 0 Å². The zero-order valence-electron chi connectivity index (χ0n) is 15.3. The number of benzene rings is 2. The second-order valence-corrected chi connectivity index (χ2v) is 6.75. The van der Waals surface area contributed by atoms with E-state index in [4.69, 9.17) is 22.7 Å². The number of nitrogens with two attached hydrogens (primary N) is 1. The average Bonchev–Trinajstić information content (AvgIpc) is 2.97. The van der Waals surface area contributed by atoms with Crippen molar-refractivity contribution in [2.45, 2.75) is 26.9 Å². The van der Waals surface area contributed by atoms with Crippen molar-refractivity contribution in [3.63, 3.8) is 0 Å². The van der Waals surface area contributed by atoms with Gasteiger partial charge in [-0.25, -0.2) is 4.98 Å². The quantitative estimate of drug-likeness (QED) is 0.502. The molecule has 5 N–H and O–H groups in total. The van der Waals surface area contributed by atoms with Crippen LogP contribution in [0.1, 0.15) is 30.0 Å². The van der Waals surface area contributed by atoms with Gasteiger partial charge in [-0.1, -0.05) is 6.07 Å². The largest absolute Gasteiger partial charge is 0.489 e. The summed E-state index contributed by atoms with van der Waals surface area (Å²) in [5.74, 6) is 0.873. The highest BCUT2D eigenvalue weighted by Crippen LogP contribution is 2.28. The summed E-state index contributed by atoms with van der Waals surface area (Å²) in [4.78, 5) is 19.2. The van der Waals surface area contributed by atoms with E-state index in [9.17, 15) is 4.79 Å². The van der Waals surface area contributed by atoms with Crippen LogP contribution in [0.3, 0.4) is 0 Å². The number of H-pyrrole nitrogens is 1. The van der Waals surface area contributed by atoms with Crippen molar-refractivity contribution in [1.82, 2.24) is 9.97 Å². The van der Waals surface area contributed by atoms with Crippen LogP contribution in [0.4, 0.5) is 11.4 Å². The van der Waals surface area contributed by atoms with Crippen LogP contribution in [0.25, 0.3) is 11.0 Å². The molecule has 0 aliphatic carbocycles. The van der Waals surface area contributed by atoms with Crippen molar-refractivity contribution in [3.05, 3.63) is 47.8 Å². The number of para-hydroxylation sites is 1. The number of primary amides is 1. The first-order chi connectivity index (χ1) is 12.8. The van der Waals surface area contributed by atoms with Gasteiger partial charge in [0, 0.05) is 5.56 Å². The van der Waals surface area contributed by atoms with E-state index in [2.05, 4.69) is 20.6 Å². The average molecular weight is 383 g/mol. The van der Waals surface area contributed by atoms with Gasteiger partial charge in [-0.3, -0.25) is 4.79 Å². The van der Waals surface area contributed by atoms with Gasteiger partial charge in [0.15, 0.2) is 5.11 Å². The van der Waals surface area contributed by atoms with Crippen LogP contribution in [-0.2, 0) is 0 Å². The first-order valence-electron chi connectivity index (χ1n) is 8.47. The Kier molecular flexibility index (Phi) is 5.27. The van der Waals surface area contributed by atoms with E-state index in [1.165, 1.54) is 0 Å². The highest BCUT2D eigenvalue weighted by atomic mass is 32.1. The van der Waals surface area contributed by atoms with Gasteiger partial charge in [-0.15, -0.1) is 0 Å². The Hall–Kier alpha value is -3.13. The lowest BCUT2D eigenvalue weighted by Crippen LogP contribution is -2.21. The number of hydrogen-bond donors (Lipinski definition) is 4. The number of fused-ring (bicyclic) bond motifs is 1. The van der Waals surface area contributed by atoms with Crippen molar-refractivity contribution in [2.75, 3.05) is 10.6 Å². The minimum Gasteiger partial charge on any atom is -0.489 e. The monoisotopic (exact) mass is 383 g/mol. The van der Waals surface area contributed by atoms with Crippen molar-refractivity contribution in [2.24, 2.45) is 5.73 Å². The summed E-state index contributed by atoms with van der Waals surface area (Å²) in [6.45, 7) is 5.73. The lowest BCUT2D eigenvalue weighted by molar-refractivity contribution is 0.100. The fourth-order valence-electron chi connectivity index (χ4n) is 2.67. The number of carbonyl (C=O) groups excluding carboxylic acids is 1. The number of anilines is 2. The summed E-state index contributed by atoms with van der Waals surface area (Å²) in [6, 6.07) is 10.7. The van der Waals surface area contributed by atoms with Crippen LogP contribution in [-0.4, -0.2) is 27.1 Å². The van der Waals surface area contributed by atoms with Gasteiger partial charge in [0.1, 0.15) is 17.1 Å². The Labute approximate surface area is 162 Å². The second kappa shape index (κ2) is 7.63. The third-order valence-corrected chi connectivity index (χ3v) is 3.96. The summed E-state index contributed by atoms with van der Waals surface area (Å²) in [7, 11) is 0. The third-order valence-electron chi connectivity index (χ3n) is 3.75. The van der Waals surface area contributed by atoms with E-state index in [1.54, 1.807) is 18.2 Å². The smallest absolute Gasteiger partial charge is 0.248 e. The molecule has 0 fully saturated rings. The molecule has 0 aliphatic rings. The van der Waals surface area contributed by atoms with E-state index in [1.807, 2.05) is 39.0 Å². The molecule has 0 saturated heterocycles. The summed E-state index contributed by atoms with van der Waals surface area (Å²) >= 11 is 5.44. The molecule has 140 valence electrons. The fraction of sp³-hybridized carbons (Fsp3) is 0.211. The van der Waals surface area contributed by atoms with E-state index in [-0.39, 0.29) is 6.10 Å². The first-order valence-corrected chi connectivity index (χ1v) is 8.88. The Balaban J connectivity index is 1.86. The number of nitrogens with zero attached hydrogens (tertiary/aromatic N) is 1. The molecule has 2 aromatic carbocycles. The van der Waals surface area contributed by atoms with Crippen LogP contribution in [0.15, 0.2) is 36.4 Å². The normalized spacial score (nSPS) is 10.8. The third kappa shape index (κ3) is 4.35. The Morgan fingerprint density at radius 2 is 1.96 bits per heavy atom. The summed E-state index contributed by atoms with van der Waals surface area (Å²) in [5, 5.41) is 6.57. The molecular weight excluding hydrogens is 362 g/mol. The highest BCUT2D eigenvalue weighted by molar-refractivity contribution is 7.80. The molecule has 0 unspecified atom stereocenters. The molecule has 0 bridgehead atoms. The van der Waals surface area contributed by atoms with Gasteiger partial charge in [0.2, 0.25) is 5.91 Å². The number of hydrogen-bond acceptors (Lipinski definition) is 4. The number of nitrogens with one attached hydrogen (secondary N) is 3. The minimum atomic E-state index is -0.523. The predicted molar refractivity (Wildman–Crippen MR) is 111 cm³/mol. The molecule has 0 atom stereocenters. The molecule has 3 rings (SSSR count). The molecule has 1 amide bonds. The molecule has 0 saturated carbocycles. The van der Waals surface area contributed by atoms with Gasteiger partial charge in [-0.05, 0) is 63.3 Å². The molecule has 1 aromatic heterocycles. The van der Waals surface area contributed by atoms with Crippen molar-refractivity contribution in [1.29, 1.82) is 0 Å². The van der Waals surface area contributed by atoms with Crippen molar-refractivity contribution < 1.29 is 9.53 Å². The number of carbonyl (C=O) groups is 1. The van der Waals surface area contributed by atoms with E-state index < -0.39 is 5.91 Å². The SMILES string of the molecule is Cc1nc2c(NC(=S)Nc3cc(C(N)=O)ccc3OC(C)C)cccc2[nH]1. The molecule has 0 spiro atoms. The van der Waals surface area contributed by atoms with Crippen molar-refractivity contribution >= 4 is 45.6 Å². The number of aromatic nitrogens is 2. The molecular formula is C19H21N5O2S. The van der Waals surface area contributed by atoms with E-state index in [0.717, 1.165) is 22.5 Å². The fourth-order valence-corrected chi connectivity index (χ4v) is 2.89. The number of thiocarbonyl (C=S) groups is 1. The lowest BCUT2D eigenvalue weighted by atomic mass is 10.1. The number of aromatic amines is 1. The van der Waals surface area contributed by atoms with Gasteiger partial charge >= 0.3 is 0 Å². The topological polar surface area (TPSA) is 105 Å². The number of amides is 1. The second-order valence-electron chi connectivity index (χ2n) is 6.34. The molecule has 0 radical (unpaired) electrons. The predicted octanol–water partition coefficient (Wildman–Crippen LogP) is 3.57. The maximum atomic E-state index is 11.5. The van der Waals surface area contributed by atoms with Crippen LogP contribution >= 0.6 is 12.2 Å². The summed E-state index contributed by atoms with van der Waals surface area (Å²) in [5.41, 5.74) is 8.79. The maximum absolute atomic E-state index is 11.5.